The molecule has 0 unspecified atom stereocenters. The third-order valence-corrected chi connectivity index (χ3v) is 5.37. The monoisotopic (exact) mass is 438 g/mol. The molecule has 166 valence electrons. The fourth-order valence-electron chi connectivity index (χ4n) is 3.74. The van der Waals surface area contributed by atoms with Gasteiger partial charge in [-0.3, -0.25) is 14.9 Å². The Labute approximate surface area is 184 Å². The summed E-state index contributed by atoms with van der Waals surface area (Å²) in [5.74, 6) is -2.25. The van der Waals surface area contributed by atoms with E-state index in [9.17, 15) is 24.5 Å². The predicted octanol–water partition coefficient (Wildman–Crippen LogP) is 3.42. The van der Waals surface area contributed by atoms with Crippen LogP contribution in [-0.4, -0.2) is 43.4 Å². The molecule has 32 heavy (non-hydrogen) atoms. The molecule has 0 N–H and O–H groups in total. The van der Waals surface area contributed by atoms with E-state index < -0.39 is 40.4 Å². The lowest BCUT2D eigenvalue weighted by Gasteiger charge is -2.23. The highest BCUT2D eigenvalue weighted by atomic mass is 16.6. The Morgan fingerprint density at radius 3 is 2.31 bits per heavy atom. The topological polar surface area (TPSA) is 116 Å². The maximum absolute atomic E-state index is 12.6. The minimum atomic E-state index is -0.965. The second-order valence-electron chi connectivity index (χ2n) is 7.79. The Morgan fingerprint density at radius 1 is 1.09 bits per heavy atom. The van der Waals surface area contributed by atoms with Gasteiger partial charge in [0.05, 0.1) is 23.2 Å². The number of nitrogens with zero attached hydrogens (tertiary/aromatic N) is 2. The summed E-state index contributed by atoms with van der Waals surface area (Å²) in [6, 6.07) is 10.9. The average molecular weight is 438 g/mol. The van der Waals surface area contributed by atoms with Crippen LogP contribution >= 0.6 is 0 Å². The molecule has 1 aliphatic heterocycles. The van der Waals surface area contributed by atoms with Crippen LogP contribution in [0.1, 0.15) is 40.1 Å². The van der Waals surface area contributed by atoms with Gasteiger partial charge in [0.2, 0.25) is 0 Å². The van der Waals surface area contributed by atoms with Gasteiger partial charge < -0.3 is 14.4 Å². The van der Waals surface area contributed by atoms with Gasteiger partial charge in [-0.15, -0.1) is 0 Å². The van der Waals surface area contributed by atoms with Gasteiger partial charge in [0.25, 0.3) is 5.69 Å². The molecule has 0 radical (unpaired) electrons. The quantitative estimate of drug-likeness (QED) is 0.292. The summed E-state index contributed by atoms with van der Waals surface area (Å²) in [5, 5.41) is 11.1. The highest BCUT2D eigenvalue weighted by Crippen LogP contribution is 2.46. The lowest BCUT2D eigenvalue weighted by Crippen LogP contribution is -2.25. The Morgan fingerprint density at radius 2 is 1.72 bits per heavy atom. The van der Waals surface area contributed by atoms with Gasteiger partial charge >= 0.3 is 11.9 Å². The van der Waals surface area contributed by atoms with Crippen molar-refractivity contribution < 1.29 is 28.8 Å². The van der Waals surface area contributed by atoms with Crippen LogP contribution in [0.2, 0.25) is 0 Å². The van der Waals surface area contributed by atoms with Crippen LogP contribution in [0.4, 0.5) is 11.4 Å². The molecule has 0 aliphatic carbocycles. The SMILES string of the molecule is COC(=O)c1cc(C(=O)OCC(=O)/C=C2/N(C)c3ccccc3C2(C)C)cc([N+](=O)[O-])c1. The molecule has 0 spiro atoms. The van der Waals surface area contributed by atoms with E-state index in [1.54, 1.807) is 0 Å². The number of anilines is 1. The molecule has 2 aromatic carbocycles. The van der Waals surface area contributed by atoms with Crippen molar-refractivity contribution in [1.29, 1.82) is 0 Å². The molecule has 9 heteroatoms. The van der Waals surface area contributed by atoms with Crippen LogP contribution in [0.3, 0.4) is 0 Å². The summed E-state index contributed by atoms with van der Waals surface area (Å²) in [6.07, 6.45) is 1.43. The van der Waals surface area contributed by atoms with Crippen molar-refractivity contribution in [3.05, 3.63) is 81.0 Å². The van der Waals surface area contributed by atoms with E-state index >= 15 is 0 Å². The maximum Gasteiger partial charge on any atom is 0.338 e. The standard InChI is InChI=1S/C23H22N2O7/c1-23(2)18-7-5-6-8-19(18)24(3)20(23)12-17(26)13-32-22(28)15-9-14(21(27)31-4)10-16(11-15)25(29)30/h5-12H,13H2,1-4H3/b20-12+. The van der Waals surface area contributed by atoms with Gasteiger partial charge in [0.15, 0.2) is 12.4 Å². The number of allylic oxidation sites excluding steroid dienone is 1. The molecule has 0 fully saturated rings. The number of rotatable bonds is 6. The Kier molecular flexibility index (Phi) is 6.11. The largest absolute Gasteiger partial charge is 0.465 e. The molecule has 1 aliphatic rings. The Balaban J connectivity index is 1.77. The molecule has 0 saturated heterocycles. The fraction of sp³-hybridized carbons (Fsp3) is 0.261. The zero-order chi connectivity index (χ0) is 23.6. The third-order valence-electron chi connectivity index (χ3n) is 5.37. The van der Waals surface area contributed by atoms with E-state index in [0.717, 1.165) is 42.3 Å². The van der Waals surface area contributed by atoms with Crippen LogP contribution in [0.15, 0.2) is 54.2 Å². The zero-order valence-corrected chi connectivity index (χ0v) is 18.1. The molecule has 0 aromatic heterocycles. The highest BCUT2D eigenvalue weighted by molar-refractivity contribution is 5.99. The number of ether oxygens (including phenoxy) is 2. The first kappa shape index (κ1) is 22.7. The van der Waals surface area contributed by atoms with Crippen molar-refractivity contribution in [1.82, 2.24) is 0 Å². The second kappa shape index (κ2) is 8.62. The van der Waals surface area contributed by atoms with Gasteiger partial charge in [-0.1, -0.05) is 32.0 Å². The van der Waals surface area contributed by atoms with Crippen LogP contribution in [0.25, 0.3) is 0 Å². The number of ketones is 1. The first-order chi connectivity index (χ1) is 15.1. The second-order valence-corrected chi connectivity index (χ2v) is 7.79. The van der Waals surface area contributed by atoms with Crippen molar-refractivity contribution in [2.24, 2.45) is 0 Å². The van der Waals surface area contributed by atoms with E-state index in [1.807, 2.05) is 50.1 Å². The number of para-hydroxylation sites is 1. The van der Waals surface area contributed by atoms with E-state index in [0.29, 0.717) is 0 Å². The number of carbonyl (C=O) groups excluding carboxylic acids is 3. The van der Waals surface area contributed by atoms with Crippen molar-refractivity contribution >= 4 is 29.1 Å². The summed E-state index contributed by atoms with van der Waals surface area (Å²) in [6.45, 7) is 3.44. The highest BCUT2D eigenvalue weighted by Gasteiger charge is 2.38. The van der Waals surface area contributed by atoms with E-state index in [-0.39, 0.29) is 11.1 Å². The number of likely N-dealkylation sites (N-methyl/N-ethyl adjacent to an activating group) is 1. The van der Waals surface area contributed by atoms with Crippen LogP contribution in [-0.2, 0) is 19.7 Å². The number of benzene rings is 2. The number of nitro benzene ring substituents is 1. The number of hydrogen-bond donors (Lipinski definition) is 0. The smallest absolute Gasteiger partial charge is 0.338 e. The van der Waals surface area contributed by atoms with Crippen molar-refractivity contribution in [2.75, 3.05) is 25.7 Å². The summed E-state index contributed by atoms with van der Waals surface area (Å²) >= 11 is 0. The van der Waals surface area contributed by atoms with E-state index in [2.05, 4.69) is 4.74 Å². The molecule has 3 rings (SSSR count). The first-order valence-corrected chi connectivity index (χ1v) is 9.69. The van der Waals surface area contributed by atoms with Crippen LogP contribution in [0.5, 0.6) is 0 Å². The number of fused-ring (bicyclic) bond motifs is 1. The summed E-state index contributed by atoms with van der Waals surface area (Å²) < 4.78 is 9.61. The van der Waals surface area contributed by atoms with Crippen molar-refractivity contribution in [3.63, 3.8) is 0 Å². The van der Waals surface area contributed by atoms with Gasteiger partial charge in [0, 0.05) is 42.1 Å². The molecule has 0 saturated carbocycles. The first-order valence-electron chi connectivity index (χ1n) is 9.69. The number of non-ortho nitro benzene ring substituents is 1. The van der Waals surface area contributed by atoms with Gasteiger partial charge in [0.1, 0.15) is 0 Å². The summed E-state index contributed by atoms with van der Waals surface area (Å²) in [7, 11) is 2.97. The van der Waals surface area contributed by atoms with Crippen LogP contribution in [0, 0.1) is 10.1 Å². The van der Waals surface area contributed by atoms with Crippen LogP contribution < -0.4 is 4.90 Å². The molecule has 2 aromatic rings. The number of nitro groups is 1. The lowest BCUT2D eigenvalue weighted by atomic mass is 9.83. The summed E-state index contributed by atoms with van der Waals surface area (Å²) in [5.41, 5.74) is 1.52. The molecule has 1 heterocycles. The minimum Gasteiger partial charge on any atom is -0.465 e. The maximum atomic E-state index is 12.6. The van der Waals surface area contributed by atoms with Gasteiger partial charge in [-0.05, 0) is 17.7 Å². The predicted molar refractivity (Wildman–Crippen MR) is 116 cm³/mol. The molecule has 0 bridgehead atoms. The number of hydrogen-bond acceptors (Lipinski definition) is 8. The number of esters is 2. The average Bonchev–Trinajstić information content (AvgIpc) is 2.97. The third kappa shape index (κ3) is 4.22. The Bertz CT molecular complexity index is 1150. The molecular formula is C23H22N2O7. The van der Waals surface area contributed by atoms with Gasteiger partial charge in [-0.25, -0.2) is 9.59 Å². The van der Waals surface area contributed by atoms with E-state index in [1.165, 1.54) is 6.08 Å². The molecular weight excluding hydrogens is 416 g/mol. The number of carbonyl (C=O) groups is 3. The molecule has 9 nitrogen and oxygen atoms in total. The minimum absolute atomic E-state index is 0.172. The van der Waals surface area contributed by atoms with Gasteiger partial charge in [-0.2, -0.15) is 0 Å². The van der Waals surface area contributed by atoms with E-state index in [4.69, 9.17) is 4.74 Å². The lowest BCUT2D eigenvalue weighted by molar-refractivity contribution is -0.384. The van der Waals surface area contributed by atoms with Crippen molar-refractivity contribution in [3.8, 4) is 0 Å². The number of methoxy groups -OCH3 is 1. The molecule has 0 amide bonds. The van der Waals surface area contributed by atoms with Crippen molar-refractivity contribution in [2.45, 2.75) is 19.3 Å². The Hall–Kier alpha value is -4.01. The normalized spacial score (nSPS) is 15.2. The zero-order valence-electron chi connectivity index (χ0n) is 18.1. The fourth-order valence-corrected chi connectivity index (χ4v) is 3.74. The molecule has 0 atom stereocenters. The summed E-state index contributed by atoms with van der Waals surface area (Å²) in [4.78, 5) is 49.0.